The van der Waals surface area contributed by atoms with Crippen LogP contribution in [0.15, 0.2) is 67.0 Å². The average Bonchev–Trinajstić information content (AvgIpc) is 2.99. The van der Waals surface area contributed by atoms with Crippen LogP contribution in [0.1, 0.15) is 11.1 Å². The maximum Gasteiger partial charge on any atom is 0.416 e. The second kappa shape index (κ2) is 10.3. The van der Waals surface area contributed by atoms with E-state index < -0.39 is 11.7 Å². The highest BCUT2D eigenvalue weighted by molar-refractivity contribution is 5.93. The molecule has 0 atom stereocenters. The summed E-state index contributed by atoms with van der Waals surface area (Å²) in [6, 6.07) is 15.8. The van der Waals surface area contributed by atoms with Crippen LogP contribution in [0.2, 0.25) is 0 Å². The zero-order valence-electron chi connectivity index (χ0n) is 19.0. The largest absolute Gasteiger partial charge is 0.489 e. The van der Waals surface area contributed by atoms with Crippen LogP contribution in [0.3, 0.4) is 0 Å². The van der Waals surface area contributed by atoms with Crippen LogP contribution in [-0.2, 0) is 17.5 Å². The van der Waals surface area contributed by atoms with Gasteiger partial charge in [-0.2, -0.15) is 13.2 Å². The number of aromatic nitrogens is 2. The predicted molar refractivity (Wildman–Crippen MR) is 127 cm³/mol. The smallest absolute Gasteiger partial charge is 0.416 e. The fraction of sp³-hybridized carbons (Fsp3) is 0.231. The van der Waals surface area contributed by atoms with Gasteiger partial charge in [0.05, 0.1) is 24.3 Å². The Hall–Kier alpha value is -4.05. The van der Waals surface area contributed by atoms with Crippen molar-refractivity contribution < 1.29 is 32.1 Å². The topological polar surface area (TPSA) is 74.7 Å². The molecular weight excluding hydrogens is 475 g/mol. The van der Waals surface area contributed by atoms with Crippen molar-refractivity contribution in [2.45, 2.75) is 12.8 Å². The molecule has 1 aromatic heterocycles. The molecule has 0 amide bonds. The Balaban J connectivity index is 1.28. The summed E-state index contributed by atoms with van der Waals surface area (Å²) in [5.41, 5.74) is 1.42. The van der Waals surface area contributed by atoms with Crippen LogP contribution in [0.5, 0.6) is 17.2 Å². The highest BCUT2D eigenvalue weighted by Crippen LogP contribution is 2.35. The number of alkyl halides is 3. The Morgan fingerprint density at radius 1 is 0.833 bits per heavy atom. The molecule has 0 saturated carbocycles. The van der Waals surface area contributed by atoms with Gasteiger partial charge in [0.15, 0.2) is 11.5 Å². The average molecular weight is 497 g/mol. The minimum atomic E-state index is -4.36. The zero-order chi connectivity index (χ0) is 25.0. The second-order valence-electron chi connectivity index (χ2n) is 7.98. The van der Waals surface area contributed by atoms with Crippen LogP contribution >= 0.6 is 0 Å². The molecule has 36 heavy (non-hydrogen) atoms. The van der Waals surface area contributed by atoms with E-state index in [4.69, 9.17) is 18.9 Å². The molecule has 186 valence electrons. The van der Waals surface area contributed by atoms with Gasteiger partial charge < -0.3 is 24.3 Å². The Labute approximate surface area is 204 Å². The molecule has 2 heterocycles. The first-order chi connectivity index (χ1) is 17.5. The molecule has 0 saturated heterocycles. The van der Waals surface area contributed by atoms with Gasteiger partial charge in [-0.25, -0.2) is 9.97 Å². The van der Waals surface area contributed by atoms with Crippen molar-refractivity contribution in [2.75, 3.05) is 31.7 Å². The Kier molecular flexibility index (Phi) is 6.77. The molecule has 5 rings (SSSR count). The molecule has 0 spiro atoms. The first-order valence-electron chi connectivity index (χ1n) is 11.2. The quantitative estimate of drug-likeness (QED) is 0.376. The number of benzene rings is 3. The third-order valence-electron chi connectivity index (χ3n) is 5.48. The molecule has 0 bridgehead atoms. The van der Waals surface area contributed by atoms with Gasteiger partial charge in [0.1, 0.15) is 37.7 Å². The van der Waals surface area contributed by atoms with Crippen molar-refractivity contribution >= 4 is 22.4 Å². The zero-order valence-corrected chi connectivity index (χ0v) is 19.0. The summed E-state index contributed by atoms with van der Waals surface area (Å²) in [5.74, 6) is 2.38. The molecule has 1 N–H and O–H groups in total. The molecule has 0 unspecified atom stereocenters. The van der Waals surface area contributed by atoms with Gasteiger partial charge in [-0.1, -0.05) is 12.1 Å². The molecule has 7 nitrogen and oxygen atoms in total. The van der Waals surface area contributed by atoms with Crippen LogP contribution in [0.25, 0.3) is 10.9 Å². The highest BCUT2D eigenvalue weighted by atomic mass is 19.4. The number of fused-ring (bicyclic) bond motifs is 2. The maximum atomic E-state index is 12.7. The van der Waals surface area contributed by atoms with Gasteiger partial charge in [0.2, 0.25) is 0 Å². The summed E-state index contributed by atoms with van der Waals surface area (Å²) in [5, 5.41) is 4.05. The van der Waals surface area contributed by atoms with Crippen LogP contribution in [-0.4, -0.2) is 36.4 Å². The van der Waals surface area contributed by atoms with E-state index in [2.05, 4.69) is 15.3 Å². The van der Waals surface area contributed by atoms with Crippen molar-refractivity contribution in [1.29, 1.82) is 0 Å². The van der Waals surface area contributed by atoms with Crippen molar-refractivity contribution in [3.63, 3.8) is 0 Å². The van der Waals surface area contributed by atoms with Gasteiger partial charge in [0.25, 0.3) is 0 Å². The van der Waals surface area contributed by atoms with E-state index in [9.17, 15) is 13.2 Å². The van der Waals surface area contributed by atoms with Gasteiger partial charge >= 0.3 is 6.18 Å². The Morgan fingerprint density at radius 3 is 2.22 bits per heavy atom. The SMILES string of the molecule is FC(F)(F)c1ccc(COc2ccc(Nc3ncnc4cc5c(cc34)OCCOCCO5)cc2)cc1. The molecule has 1 aliphatic rings. The molecule has 10 heteroatoms. The molecule has 0 fully saturated rings. The minimum absolute atomic E-state index is 0.152. The molecule has 4 aromatic rings. The summed E-state index contributed by atoms with van der Waals surface area (Å²) in [7, 11) is 0. The number of rotatable bonds is 5. The van der Waals surface area contributed by atoms with E-state index in [0.717, 1.165) is 23.2 Å². The summed E-state index contributed by atoms with van der Waals surface area (Å²) >= 11 is 0. The van der Waals surface area contributed by atoms with E-state index in [1.54, 1.807) is 12.1 Å². The summed E-state index contributed by atoms with van der Waals surface area (Å²) in [6.45, 7) is 1.95. The van der Waals surface area contributed by atoms with E-state index >= 15 is 0 Å². The Bertz CT molecular complexity index is 1330. The number of nitrogens with one attached hydrogen (secondary N) is 1. The second-order valence-corrected chi connectivity index (χ2v) is 7.98. The lowest BCUT2D eigenvalue weighted by atomic mass is 10.1. The monoisotopic (exact) mass is 497 g/mol. The lowest BCUT2D eigenvalue weighted by Crippen LogP contribution is -2.08. The van der Waals surface area contributed by atoms with Crippen LogP contribution in [0.4, 0.5) is 24.7 Å². The first-order valence-corrected chi connectivity index (χ1v) is 11.2. The number of hydrogen-bond acceptors (Lipinski definition) is 7. The lowest BCUT2D eigenvalue weighted by molar-refractivity contribution is -0.137. The normalized spacial score (nSPS) is 14.0. The molecular formula is C26H22F3N3O4. The molecule has 0 aliphatic carbocycles. The summed E-state index contributed by atoms with van der Waals surface area (Å²) in [4.78, 5) is 8.73. The lowest BCUT2D eigenvalue weighted by Gasteiger charge is -2.14. The van der Waals surface area contributed by atoms with Gasteiger partial charge in [0, 0.05) is 17.1 Å². The van der Waals surface area contributed by atoms with E-state index in [1.165, 1.54) is 18.5 Å². The first kappa shape index (κ1) is 23.7. The van der Waals surface area contributed by atoms with E-state index in [1.807, 2.05) is 24.3 Å². The van der Waals surface area contributed by atoms with E-state index in [0.29, 0.717) is 60.6 Å². The van der Waals surface area contributed by atoms with Gasteiger partial charge in [-0.15, -0.1) is 0 Å². The highest BCUT2D eigenvalue weighted by Gasteiger charge is 2.29. The van der Waals surface area contributed by atoms with Crippen LogP contribution in [0, 0.1) is 0 Å². The van der Waals surface area contributed by atoms with Crippen molar-refractivity contribution in [3.05, 3.63) is 78.1 Å². The van der Waals surface area contributed by atoms with Crippen molar-refractivity contribution in [3.8, 4) is 17.2 Å². The number of anilines is 2. The van der Waals surface area contributed by atoms with Gasteiger partial charge in [-0.05, 0) is 48.0 Å². The number of ether oxygens (including phenoxy) is 4. The summed E-state index contributed by atoms with van der Waals surface area (Å²) < 4.78 is 60.8. The molecule has 1 aliphatic heterocycles. The maximum absolute atomic E-state index is 12.7. The Morgan fingerprint density at radius 2 is 1.53 bits per heavy atom. The number of nitrogens with zero attached hydrogens (tertiary/aromatic N) is 2. The van der Waals surface area contributed by atoms with Gasteiger partial charge in [-0.3, -0.25) is 0 Å². The molecule has 3 aromatic carbocycles. The minimum Gasteiger partial charge on any atom is -0.489 e. The standard InChI is InChI=1S/C26H22F3N3O4/c27-26(28,29)18-3-1-17(2-4-18)15-36-20-7-5-19(6-8-20)32-25-21-13-23-24(14-22(21)30-16-31-25)35-12-10-33-9-11-34-23/h1-8,13-14,16H,9-12,15H2,(H,30,31,32). The third-order valence-corrected chi connectivity index (χ3v) is 5.48. The van der Waals surface area contributed by atoms with Crippen molar-refractivity contribution in [2.24, 2.45) is 0 Å². The number of hydrogen-bond donors (Lipinski definition) is 1. The van der Waals surface area contributed by atoms with Crippen molar-refractivity contribution in [1.82, 2.24) is 9.97 Å². The fourth-order valence-electron chi connectivity index (χ4n) is 3.64. The third kappa shape index (κ3) is 5.60. The summed E-state index contributed by atoms with van der Waals surface area (Å²) in [6.07, 6.45) is -2.89. The van der Waals surface area contributed by atoms with Crippen LogP contribution < -0.4 is 19.5 Å². The fourth-order valence-corrected chi connectivity index (χ4v) is 3.64. The number of halogens is 3. The van der Waals surface area contributed by atoms with E-state index in [-0.39, 0.29) is 6.61 Å². The predicted octanol–water partition coefficient (Wildman–Crippen LogP) is 5.76. The molecule has 0 radical (unpaired) electrons.